The van der Waals surface area contributed by atoms with Crippen LogP contribution in [0.5, 0.6) is 17.2 Å². The number of aliphatic carboxylic acids is 1. The summed E-state index contributed by atoms with van der Waals surface area (Å²) in [6.07, 6.45) is -0.234. The fraction of sp³-hybridized carbons (Fsp3) is 0.345. The first kappa shape index (κ1) is 23.2. The van der Waals surface area contributed by atoms with Crippen LogP contribution < -0.4 is 14.2 Å². The Morgan fingerprint density at radius 2 is 1.77 bits per heavy atom. The maximum Gasteiger partial charge on any atom is 0.311 e. The van der Waals surface area contributed by atoms with Gasteiger partial charge in [0, 0.05) is 24.2 Å². The number of hydrogen-bond donors (Lipinski definition) is 1. The average Bonchev–Trinajstić information content (AvgIpc) is 3.43. The first-order valence-corrected chi connectivity index (χ1v) is 12.0. The van der Waals surface area contributed by atoms with Crippen LogP contribution in [0.2, 0.25) is 0 Å². The van der Waals surface area contributed by atoms with Gasteiger partial charge in [-0.1, -0.05) is 24.3 Å². The normalized spacial score (nSPS) is 19.5. The van der Waals surface area contributed by atoms with Crippen molar-refractivity contribution in [2.45, 2.75) is 39.4 Å². The number of benzene rings is 3. The maximum absolute atomic E-state index is 11.2. The van der Waals surface area contributed by atoms with Crippen LogP contribution in [0, 0.1) is 19.8 Å². The van der Waals surface area contributed by atoms with Crippen molar-refractivity contribution in [2.24, 2.45) is 5.92 Å². The third kappa shape index (κ3) is 4.71. The number of carboxylic acids is 1. The Labute approximate surface area is 205 Å². The Balaban J connectivity index is 1.25. The van der Waals surface area contributed by atoms with Gasteiger partial charge in [-0.25, -0.2) is 0 Å². The van der Waals surface area contributed by atoms with Gasteiger partial charge >= 0.3 is 5.97 Å². The number of aryl methyl sites for hydroxylation is 2. The van der Waals surface area contributed by atoms with E-state index in [4.69, 9.17) is 18.9 Å². The number of ether oxygens (including phenoxy) is 4. The zero-order valence-corrected chi connectivity index (χ0v) is 20.2. The number of carboxylic acid groups (broad SMARTS) is 1. The first-order chi connectivity index (χ1) is 17.0. The summed E-state index contributed by atoms with van der Waals surface area (Å²) in [7, 11) is 0. The minimum absolute atomic E-state index is 0.0267. The molecule has 3 aromatic carbocycles. The molecule has 0 radical (unpaired) electrons. The van der Waals surface area contributed by atoms with Crippen LogP contribution in [0.25, 0.3) is 11.1 Å². The van der Waals surface area contributed by atoms with Crippen LogP contribution >= 0.6 is 0 Å². The van der Waals surface area contributed by atoms with E-state index in [1.165, 1.54) is 5.56 Å². The molecule has 1 heterocycles. The molecule has 6 heteroatoms. The minimum Gasteiger partial charge on any atom is -0.491 e. The van der Waals surface area contributed by atoms with Gasteiger partial charge in [-0.3, -0.25) is 4.79 Å². The highest BCUT2D eigenvalue weighted by atomic mass is 16.5. The molecule has 3 aromatic rings. The van der Waals surface area contributed by atoms with Gasteiger partial charge in [0.15, 0.2) is 0 Å². The lowest BCUT2D eigenvalue weighted by Gasteiger charge is -2.15. The maximum atomic E-state index is 11.2. The molecule has 0 aromatic heterocycles. The van der Waals surface area contributed by atoms with E-state index in [0.717, 1.165) is 39.3 Å². The SMILES string of the molecule is CCOCCOc1cc(C)c(-c2cccc(COc3ccc4c(c3)O[C@H]3[C@H](C(=O)O)[C@@H]43)c2)c(C)c1. The Kier molecular flexibility index (Phi) is 6.39. The molecule has 182 valence electrons. The van der Waals surface area contributed by atoms with Gasteiger partial charge in [0.25, 0.3) is 0 Å². The molecule has 2 aliphatic rings. The summed E-state index contributed by atoms with van der Waals surface area (Å²) in [4.78, 5) is 11.2. The summed E-state index contributed by atoms with van der Waals surface area (Å²) in [5.41, 5.74) is 6.68. The molecule has 6 nitrogen and oxygen atoms in total. The van der Waals surface area contributed by atoms with Crippen molar-refractivity contribution in [1.29, 1.82) is 0 Å². The zero-order chi connectivity index (χ0) is 24.5. The predicted molar refractivity (Wildman–Crippen MR) is 132 cm³/mol. The molecular weight excluding hydrogens is 444 g/mol. The van der Waals surface area contributed by atoms with E-state index in [0.29, 0.717) is 32.2 Å². The summed E-state index contributed by atoms with van der Waals surface area (Å²) < 4.78 is 23.1. The van der Waals surface area contributed by atoms with Gasteiger partial charge in [-0.05, 0) is 72.9 Å². The largest absolute Gasteiger partial charge is 0.491 e. The standard InChI is InChI=1S/C29H30O6/c1-4-32-10-11-33-22-12-17(2)25(18(3)13-22)20-7-5-6-19(14-20)16-34-21-8-9-23-24(15-21)35-28-26(23)27(28)29(30)31/h5-9,12-15,26-28H,4,10-11,16H2,1-3H3,(H,30,31)/t26-,27-,28-/m1/s1. The zero-order valence-electron chi connectivity index (χ0n) is 20.2. The summed E-state index contributed by atoms with van der Waals surface area (Å²) in [5.74, 6) is 1.07. The number of hydrogen-bond acceptors (Lipinski definition) is 5. The molecule has 35 heavy (non-hydrogen) atoms. The lowest BCUT2D eigenvalue weighted by molar-refractivity contribution is -0.139. The second-order valence-electron chi connectivity index (χ2n) is 9.14. The van der Waals surface area contributed by atoms with Crippen LogP contribution in [0.1, 0.15) is 35.1 Å². The monoisotopic (exact) mass is 474 g/mol. The second kappa shape index (κ2) is 9.62. The van der Waals surface area contributed by atoms with E-state index in [-0.39, 0.29) is 12.0 Å². The van der Waals surface area contributed by atoms with Crippen molar-refractivity contribution in [2.75, 3.05) is 19.8 Å². The summed E-state index contributed by atoms with van der Waals surface area (Å²) in [5, 5.41) is 9.24. The quantitative estimate of drug-likeness (QED) is 0.390. The Bertz CT molecular complexity index is 1230. The van der Waals surface area contributed by atoms with E-state index in [9.17, 15) is 9.90 Å². The van der Waals surface area contributed by atoms with Crippen molar-refractivity contribution < 1.29 is 28.8 Å². The van der Waals surface area contributed by atoms with Crippen LogP contribution in [-0.4, -0.2) is 37.0 Å². The topological polar surface area (TPSA) is 74.2 Å². The van der Waals surface area contributed by atoms with E-state index >= 15 is 0 Å². The van der Waals surface area contributed by atoms with Crippen molar-refractivity contribution in [3.63, 3.8) is 0 Å². The predicted octanol–water partition coefficient (Wildman–Crippen LogP) is 5.52. The Morgan fingerprint density at radius 1 is 0.971 bits per heavy atom. The van der Waals surface area contributed by atoms with Gasteiger partial charge < -0.3 is 24.1 Å². The molecule has 0 amide bonds. The molecule has 1 aliphatic carbocycles. The summed E-state index contributed by atoms with van der Waals surface area (Å²) in [6, 6.07) is 18.2. The highest BCUT2D eigenvalue weighted by Crippen LogP contribution is 2.58. The fourth-order valence-corrected chi connectivity index (χ4v) is 5.03. The number of carbonyl (C=O) groups is 1. The van der Waals surface area contributed by atoms with E-state index in [1.54, 1.807) is 0 Å². The number of fused-ring (bicyclic) bond motifs is 3. The summed E-state index contributed by atoms with van der Waals surface area (Å²) in [6.45, 7) is 8.41. The van der Waals surface area contributed by atoms with Crippen LogP contribution in [0.15, 0.2) is 54.6 Å². The third-order valence-electron chi connectivity index (χ3n) is 6.67. The lowest BCUT2D eigenvalue weighted by atomic mass is 9.94. The highest BCUT2D eigenvalue weighted by Gasteiger charge is 2.63. The van der Waals surface area contributed by atoms with Crippen molar-refractivity contribution in [3.8, 4) is 28.4 Å². The van der Waals surface area contributed by atoms with Gasteiger partial charge in [-0.15, -0.1) is 0 Å². The molecule has 1 saturated carbocycles. The van der Waals surface area contributed by atoms with Crippen molar-refractivity contribution in [3.05, 3.63) is 76.9 Å². The smallest absolute Gasteiger partial charge is 0.311 e. The molecule has 0 saturated heterocycles. The van der Waals surface area contributed by atoms with Crippen LogP contribution in [0.3, 0.4) is 0 Å². The minimum atomic E-state index is -0.792. The fourth-order valence-electron chi connectivity index (χ4n) is 5.03. The molecule has 1 N–H and O–H groups in total. The molecule has 5 rings (SSSR count). The second-order valence-corrected chi connectivity index (χ2v) is 9.14. The van der Waals surface area contributed by atoms with Gasteiger partial charge in [-0.2, -0.15) is 0 Å². The van der Waals surface area contributed by atoms with Crippen molar-refractivity contribution in [1.82, 2.24) is 0 Å². The third-order valence-corrected chi connectivity index (χ3v) is 6.67. The highest BCUT2D eigenvalue weighted by molar-refractivity contribution is 5.79. The number of rotatable bonds is 10. The lowest BCUT2D eigenvalue weighted by Crippen LogP contribution is -2.08. The molecule has 0 spiro atoms. The van der Waals surface area contributed by atoms with Crippen molar-refractivity contribution >= 4 is 5.97 Å². The van der Waals surface area contributed by atoms with Gasteiger partial charge in [0.05, 0.1) is 6.61 Å². The molecule has 1 fully saturated rings. The first-order valence-electron chi connectivity index (χ1n) is 12.0. The molecule has 0 bridgehead atoms. The van der Waals surface area contributed by atoms with E-state index in [2.05, 4.69) is 44.2 Å². The molecular formula is C29H30O6. The van der Waals surface area contributed by atoms with Gasteiger partial charge in [0.2, 0.25) is 0 Å². The summed E-state index contributed by atoms with van der Waals surface area (Å²) >= 11 is 0. The van der Waals surface area contributed by atoms with Crippen LogP contribution in [0.4, 0.5) is 0 Å². The Morgan fingerprint density at radius 3 is 2.51 bits per heavy atom. The van der Waals surface area contributed by atoms with Gasteiger partial charge in [0.1, 0.15) is 42.5 Å². The van der Waals surface area contributed by atoms with E-state index in [1.807, 2.05) is 31.2 Å². The molecule has 3 atom stereocenters. The average molecular weight is 475 g/mol. The van der Waals surface area contributed by atoms with E-state index < -0.39 is 11.9 Å². The Hall–Kier alpha value is -3.51. The molecule has 0 unspecified atom stereocenters. The molecule has 1 aliphatic heterocycles. The van der Waals surface area contributed by atoms with Crippen LogP contribution in [-0.2, 0) is 16.1 Å².